The molecule has 0 N–H and O–H groups in total. The van der Waals surface area contributed by atoms with Crippen molar-refractivity contribution in [3.63, 3.8) is 0 Å². The summed E-state index contributed by atoms with van der Waals surface area (Å²) in [6, 6.07) is 6.93. The summed E-state index contributed by atoms with van der Waals surface area (Å²) in [6.07, 6.45) is 5.00. The lowest BCUT2D eigenvalue weighted by Gasteiger charge is -2.35. The van der Waals surface area contributed by atoms with Crippen LogP contribution in [0.1, 0.15) is 32.1 Å². The van der Waals surface area contributed by atoms with Gasteiger partial charge in [0.1, 0.15) is 18.2 Å². The lowest BCUT2D eigenvalue weighted by atomic mass is 9.97. The molecular weight excluding hydrogens is 295 g/mol. The third kappa shape index (κ3) is 3.83. The fourth-order valence-corrected chi connectivity index (χ4v) is 3.81. The largest absolute Gasteiger partial charge is 0.492 e. The van der Waals surface area contributed by atoms with Crippen LogP contribution < -0.4 is 4.74 Å². The molecular formula is C18H25FN2O2. The second-order valence-corrected chi connectivity index (χ2v) is 6.51. The van der Waals surface area contributed by atoms with E-state index in [4.69, 9.17) is 4.74 Å². The van der Waals surface area contributed by atoms with Crippen molar-refractivity contribution < 1.29 is 13.9 Å². The van der Waals surface area contributed by atoms with E-state index >= 15 is 0 Å². The Morgan fingerprint density at radius 3 is 2.74 bits per heavy atom. The van der Waals surface area contributed by atoms with Crippen LogP contribution in [0.3, 0.4) is 0 Å². The first-order valence-corrected chi connectivity index (χ1v) is 8.53. The quantitative estimate of drug-likeness (QED) is 0.855. The van der Waals surface area contributed by atoms with Crippen molar-refractivity contribution in [2.45, 2.75) is 44.2 Å². The Labute approximate surface area is 137 Å². The smallest absolute Gasteiger partial charge is 0.222 e. The van der Waals surface area contributed by atoms with Gasteiger partial charge in [0.2, 0.25) is 5.91 Å². The molecule has 3 rings (SSSR count). The zero-order valence-electron chi connectivity index (χ0n) is 13.7. The van der Waals surface area contributed by atoms with Crippen LogP contribution in [0.4, 0.5) is 4.39 Å². The lowest BCUT2D eigenvalue weighted by Crippen LogP contribution is -2.47. The van der Waals surface area contributed by atoms with E-state index in [0.29, 0.717) is 30.9 Å². The first-order valence-electron chi connectivity index (χ1n) is 8.53. The molecule has 0 unspecified atom stereocenters. The Kier molecular flexibility index (Phi) is 5.16. The number of nitrogens with zero attached hydrogens (tertiary/aromatic N) is 2. The highest BCUT2D eigenvalue weighted by Gasteiger charge is 2.38. The van der Waals surface area contributed by atoms with Crippen LogP contribution in [0.5, 0.6) is 5.75 Å². The van der Waals surface area contributed by atoms with E-state index < -0.39 is 0 Å². The Hall–Kier alpha value is -1.62. The molecule has 2 atom stereocenters. The standard InChI is InChI=1S/C18H25FN2O2/c1-20-16-10-11-21(17(16)4-2-3-5-18(20)22)12-13-23-15-8-6-14(19)7-9-15/h6-9,16-17H,2-5,10-13H2,1H3/t16-,17+/m0/s1. The summed E-state index contributed by atoms with van der Waals surface area (Å²) in [4.78, 5) is 16.5. The minimum Gasteiger partial charge on any atom is -0.492 e. The van der Waals surface area contributed by atoms with Gasteiger partial charge in [-0.3, -0.25) is 9.69 Å². The molecule has 2 heterocycles. The molecule has 2 saturated heterocycles. The maximum Gasteiger partial charge on any atom is 0.222 e. The fourth-order valence-electron chi connectivity index (χ4n) is 3.81. The van der Waals surface area contributed by atoms with Crippen LogP contribution in [0.2, 0.25) is 0 Å². The number of carbonyl (C=O) groups is 1. The SMILES string of the molecule is CN1C(=O)CCCC[C@@H]2[C@@H]1CCN2CCOc1ccc(F)cc1. The summed E-state index contributed by atoms with van der Waals surface area (Å²) in [6.45, 7) is 2.45. The third-order valence-corrected chi connectivity index (χ3v) is 5.12. The minimum atomic E-state index is -0.248. The van der Waals surface area contributed by atoms with Gasteiger partial charge in [-0.25, -0.2) is 4.39 Å². The molecule has 2 aliphatic heterocycles. The van der Waals surface area contributed by atoms with Gasteiger partial charge in [0, 0.05) is 38.6 Å². The second kappa shape index (κ2) is 7.30. The maximum absolute atomic E-state index is 12.9. The first-order chi connectivity index (χ1) is 11.1. The van der Waals surface area contributed by atoms with Crippen LogP contribution in [0, 0.1) is 5.82 Å². The molecule has 4 nitrogen and oxygen atoms in total. The highest BCUT2D eigenvalue weighted by molar-refractivity contribution is 5.76. The van der Waals surface area contributed by atoms with Crippen molar-refractivity contribution in [3.05, 3.63) is 30.1 Å². The second-order valence-electron chi connectivity index (χ2n) is 6.51. The van der Waals surface area contributed by atoms with E-state index in [-0.39, 0.29) is 11.7 Å². The fraction of sp³-hybridized carbons (Fsp3) is 0.611. The Bertz CT molecular complexity index is 534. The number of hydrogen-bond donors (Lipinski definition) is 0. The highest BCUT2D eigenvalue weighted by atomic mass is 19.1. The summed E-state index contributed by atoms with van der Waals surface area (Å²) in [5, 5.41) is 0. The van der Waals surface area contributed by atoms with Gasteiger partial charge in [0.25, 0.3) is 0 Å². The van der Waals surface area contributed by atoms with Gasteiger partial charge in [-0.1, -0.05) is 6.42 Å². The summed E-state index contributed by atoms with van der Waals surface area (Å²) < 4.78 is 18.6. The molecule has 0 spiro atoms. The number of amides is 1. The highest BCUT2D eigenvalue weighted by Crippen LogP contribution is 2.29. The minimum absolute atomic E-state index is 0.248. The zero-order valence-corrected chi connectivity index (χ0v) is 13.7. The number of hydrogen-bond acceptors (Lipinski definition) is 3. The molecule has 0 aliphatic carbocycles. The molecule has 1 aromatic rings. The van der Waals surface area contributed by atoms with Crippen molar-refractivity contribution in [1.29, 1.82) is 0 Å². The summed E-state index contributed by atoms with van der Waals surface area (Å²) in [5.74, 6) is 0.734. The zero-order chi connectivity index (χ0) is 16.2. The average molecular weight is 320 g/mol. The Balaban J connectivity index is 1.54. The van der Waals surface area contributed by atoms with Gasteiger partial charge in [-0.2, -0.15) is 0 Å². The van der Waals surface area contributed by atoms with Crippen LogP contribution >= 0.6 is 0 Å². The molecule has 2 fully saturated rings. The summed E-state index contributed by atoms with van der Waals surface area (Å²) in [5.41, 5.74) is 0. The number of likely N-dealkylation sites (N-methyl/N-ethyl adjacent to an activating group) is 1. The average Bonchev–Trinajstić information content (AvgIpc) is 2.94. The molecule has 0 aromatic heterocycles. The van der Waals surface area contributed by atoms with Gasteiger partial charge < -0.3 is 9.64 Å². The topological polar surface area (TPSA) is 32.8 Å². The van der Waals surface area contributed by atoms with E-state index in [0.717, 1.165) is 38.8 Å². The van der Waals surface area contributed by atoms with E-state index in [1.807, 2.05) is 11.9 Å². The van der Waals surface area contributed by atoms with Crippen molar-refractivity contribution in [2.75, 3.05) is 26.7 Å². The van der Waals surface area contributed by atoms with Crippen molar-refractivity contribution >= 4 is 5.91 Å². The van der Waals surface area contributed by atoms with E-state index in [2.05, 4.69) is 4.90 Å². The number of benzene rings is 1. The first kappa shape index (κ1) is 16.2. The number of rotatable bonds is 4. The van der Waals surface area contributed by atoms with Crippen molar-refractivity contribution in [1.82, 2.24) is 9.80 Å². The molecule has 0 bridgehead atoms. The van der Waals surface area contributed by atoms with Gasteiger partial charge in [0.15, 0.2) is 0 Å². The van der Waals surface area contributed by atoms with Gasteiger partial charge >= 0.3 is 0 Å². The molecule has 2 aliphatic rings. The summed E-state index contributed by atoms with van der Waals surface area (Å²) >= 11 is 0. The van der Waals surface area contributed by atoms with E-state index in [1.54, 1.807) is 12.1 Å². The van der Waals surface area contributed by atoms with Crippen LogP contribution in [-0.2, 0) is 4.79 Å². The molecule has 0 radical (unpaired) electrons. The van der Waals surface area contributed by atoms with E-state index in [9.17, 15) is 9.18 Å². The van der Waals surface area contributed by atoms with Gasteiger partial charge in [-0.15, -0.1) is 0 Å². The number of halogens is 1. The Morgan fingerprint density at radius 2 is 1.96 bits per heavy atom. The van der Waals surface area contributed by atoms with Crippen LogP contribution in [0.15, 0.2) is 24.3 Å². The normalized spacial score (nSPS) is 25.8. The molecule has 1 amide bonds. The third-order valence-electron chi connectivity index (χ3n) is 5.12. The van der Waals surface area contributed by atoms with Gasteiger partial charge in [-0.05, 0) is 43.5 Å². The number of fused-ring (bicyclic) bond motifs is 1. The van der Waals surface area contributed by atoms with E-state index in [1.165, 1.54) is 12.1 Å². The van der Waals surface area contributed by atoms with Crippen molar-refractivity contribution in [3.8, 4) is 5.75 Å². The maximum atomic E-state index is 12.9. The molecule has 126 valence electrons. The van der Waals surface area contributed by atoms with Crippen molar-refractivity contribution in [2.24, 2.45) is 0 Å². The summed E-state index contributed by atoms with van der Waals surface area (Å²) in [7, 11) is 1.95. The van der Waals surface area contributed by atoms with Crippen LogP contribution in [-0.4, -0.2) is 54.5 Å². The lowest BCUT2D eigenvalue weighted by molar-refractivity contribution is -0.133. The van der Waals surface area contributed by atoms with Gasteiger partial charge in [0.05, 0.1) is 0 Å². The number of ether oxygens (including phenoxy) is 1. The van der Waals surface area contributed by atoms with Crippen LogP contribution in [0.25, 0.3) is 0 Å². The molecule has 23 heavy (non-hydrogen) atoms. The number of carbonyl (C=O) groups excluding carboxylic acids is 1. The predicted molar refractivity (Wildman–Crippen MR) is 86.9 cm³/mol. The predicted octanol–water partition coefficient (Wildman–Crippen LogP) is 2.68. The Morgan fingerprint density at radius 1 is 1.17 bits per heavy atom. The monoisotopic (exact) mass is 320 g/mol. The number of likely N-dealkylation sites (tertiary alicyclic amines) is 2. The molecule has 5 heteroatoms. The molecule has 1 aromatic carbocycles. The molecule has 0 saturated carbocycles.